The van der Waals surface area contributed by atoms with Crippen molar-refractivity contribution >= 4 is 17.7 Å². The Morgan fingerprint density at radius 3 is 3.00 bits per heavy atom. The van der Waals surface area contributed by atoms with Crippen LogP contribution in [0.1, 0.15) is 11.3 Å². The monoisotopic (exact) mass is 182 g/mol. The van der Waals surface area contributed by atoms with Gasteiger partial charge in [0, 0.05) is 18.7 Å². The first-order valence-corrected chi connectivity index (χ1v) is 4.93. The normalized spacial score (nSPS) is 14.8. The Bertz CT molecular complexity index is 313. The van der Waals surface area contributed by atoms with Gasteiger partial charge in [0.2, 0.25) is 5.95 Å². The molecule has 0 spiro atoms. The van der Waals surface area contributed by atoms with Gasteiger partial charge in [0.1, 0.15) is 5.03 Å². The number of nitrogens with two attached hydrogens (primary N) is 1. The number of hydrogen-bond acceptors (Lipinski definition) is 5. The van der Waals surface area contributed by atoms with Crippen LogP contribution in [0, 0.1) is 0 Å². The van der Waals surface area contributed by atoms with Crippen molar-refractivity contribution in [3.63, 3.8) is 0 Å². The summed E-state index contributed by atoms with van der Waals surface area (Å²) in [5, 5.41) is 4.22. The van der Waals surface area contributed by atoms with Crippen molar-refractivity contribution in [3.05, 3.63) is 11.3 Å². The quantitative estimate of drug-likeness (QED) is 0.485. The minimum Gasteiger partial charge on any atom is -0.368 e. The van der Waals surface area contributed by atoms with Gasteiger partial charge in [0.15, 0.2) is 0 Å². The predicted octanol–water partition coefficient (Wildman–Crippen LogP) is 0.384. The van der Waals surface area contributed by atoms with Crippen LogP contribution in [0.2, 0.25) is 0 Å². The van der Waals surface area contributed by atoms with E-state index in [9.17, 15) is 0 Å². The third-order valence-electron chi connectivity index (χ3n) is 1.86. The Hall–Kier alpha value is -0.810. The molecule has 1 aromatic heterocycles. The van der Waals surface area contributed by atoms with Crippen molar-refractivity contribution in [2.24, 2.45) is 0 Å². The lowest BCUT2D eigenvalue weighted by Crippen LogP contribution is -2.01. The van der Waals surface area contributed by atoms with Gasteiger partial charge in [-0.2, -0.15) is 0 Å². The van der Waals surface area contributed by atoms with Gasteiger partial charge in [-0.3, -0.25) is 0 Å². The van der Waals surface area contributed by atoms with Crippen molar-refractivity contribution < 1.29 is 0 Å². The molecule has 0 amide bonds. The second-order valence-corrected chi connectivity index (χ2v) is 3.41. The van der Waals surface area contributed by atoms with E-state index in [0.717, 1.165) is 23.8 Å². The molecule has 0 fully saturated rings. The summed E-state index contributed by atoms with van der Waals surface area (Å²) in [7, 11) is 0. The molecule has 3 N–H and O–H groups in total. The van der Waals surface area contributed by atoms with E-state index < -0.39 is 0 Å². The number of fused-ring (bicyclic) bond motifs is 1. The number of nitrogens with one attached hydrogen (secondary N) is 1. The van der Waals surface area contributed by atoms with E-state index in [2.05, 4.69) is 15.3 Å². The minimum atomic E-state index is 0.377. The van der Waals surface area contributed by atoms with Gasteiger partial charge in [0.05, 0.1) is 5.69 Å². The van der Waals surface area contributed by atoms with Gasteiger partial charge in [0.25, 0.3) is 0 Å². The van der Waals surface area contributed by atoms with E-state index in [-0.39, 0.29) is 0 Å². The first-order valence-electron chi connectivity index (χ1n) is 3.71. The average Bonchev–Trinajstić information content (AvgIpc) is 2.50. The van der Waals surface area contributed by atoms with Crippen LogP contribution >= 0.6 is 11.8 Å². The molecule has 1 aliphatic rings. The number of rotatable bonds is 1. The third-order valence-corrected chi connectivity index (χ3v) is 2.58. The van der Waals surface area contributed by atoms with Gasteiger partial charge in [-0.1, -0.05) is 0 Å². The first-order chi connectivity index (χ1) is 5.81. The van der Waals surface area contributed by atoms with Crippen molar-refractivity contribution in [3.8, 4) is 0 Å². The summed E-state index contributed by atoms with van der Waals surface area (Å²) < 4.78 is 0. The molecule has 1 aromatic rings. The zero-order chi connectivity index (χ0) is 8.55. The lowest BCUT2D eigenvalue weighted by molar-refractivity contribution is 0.754. The summed E-state index contributed by atoms with van der Waals surface area (Å²) in [6, 6.07) is 0. The van der Waals surface area contributed by atoms with E-state index in [0.29, 0.717) is 5.95 Å². The highest BCUT2D eigenvalue weighted by molar-refractivity contribution is 7.98. The topological polar surface area (TPSA) is 63.8 Å². The van der Waals surface area contributed by atoms with E-state index in [1.807, 2.05) is 6.26 Å². The second kappa shape index (κ2) is 2.91. The predicted molar refractivity (Wildman–Crippen MR) is 48.8 cm³/mol. The van der Waals surface area contributed by atoms with E-state index in [4.69, 9.17) is 5.73 Å². The summed E-state index contributed by atoms with van der Waals surface area (Å²) >= 11 is 1.62. The largest absolute Gasteiger partial charge is 0.368 e. The molecule has 64 valence electrons. The summed E-state index contributed by atoms with van der Waals surface area (Å²) in [6.07, 6.45) is 2.00. The summed E-state index contributed by atoms with van der Waals surface area (Å²) in [5.74, 6) is 0.377. The first kappa shape index (κ1) is 7.82. The molecular weight excluding hydrogens is 172 g/mol. The van der Waals surface area contributed by atoms with Crippen LogP contribution in [0.5, 0.6) is 0 Å². The SMILES string of the molecule is CSc1nc(N)nc2c1CNC2. The van der Waals surface area contributed by atoms with Crippen molar-refractivity contribution in [1.82, 2.24) is 15.3 Å². The van der Waals surface area contributed by atoms with Gasteiger partial charge < -0.3 is 11.1 Å². The second-order valence-electron chi connectivity index (χ2n) is 2.62. The number of nitrogens with zero attached hydrogens (tertiary/aromatic N) is 2. The van der Waals surface area contributed by atoms with E-state index >= 15 is 0 Å². The minimum absolute atomic E-state index is 0.377. The van der Waals surface area contributed by atoms with Crippen LogP contribution in [0.3, 0.4) is 0 Å². The van der Waals surface area contributed by atoms with E-state index in [1.165, 1.54) is 5.56 Å². The van der Waals surface area contributed by atoms with Gasteiger partial charge in [-0.05, 0) is 6.26 Å². The van der Waals surface area contributed by atoms with Crippen LogP contribution < -0.4 is 11.1 Å². The Morgan fingerprint density at radius 1 is 1.42 bits per heavy atom. The fourth-order valence-corrected chi connectivity index (χ4v) is 1.95. The summed E-state index contributed by atoms with van der Waals surface area (Å²) in [4.78, 5) is 8.31. The zero-order valence-corrected chi connectivity index (χ0v) is 7.61. The molecule has 12 heavy (non-hydrogen) atoms. The Kier molecular flexibility index (Phi) is 1.90. The van der Waals surface area contributed by atoms with Gasteiger partial charge >= 0.3 is 0 Å². The smallest absolute Gasteiger partial charge is 0.221 e. The van der Waals surface area contributed by atoms with E-state index in [1.54, 1.807) is 11.8 Å². The van der Waals surface area contributed by atoms with Crippen molar-refractivity contribution in [1.29, 1.82) is 0 Å². The van der Waals surface area contributed by atoms with Gasteiger partial charge in [-0.25, -0.2) is 9.97 Å². The molecule has 0 radical (unpaired) electrons. The molecule has 2 rings (SSSR count). The molecule has 0 saturated heterocycles. The number of anilines is 1. The van der Waals surface area contributed by atoms with Crippen LogP contribution in [-0.2, 0) is 13.1 Å². The molecule has 4 nitrogen and oxygen atoms in total. The van der Waals surface area contributed by atoms with Crippen LogP contribution in [0.15, 0.2) is 5.03 Å². The highest BCUT2D eigenvalue weighted by atomic mass is 32.2. The maximum absolute atomic E-state index is 5.54. The summed E-state index contributed by atoms with van der Waals surface area (Å²) in [5.41, 5.74) is 7.80. The molecule has 0 aromatic carbocycles. The molecule has 1 aliphatic heterocycles. The van der Waals surface area contributed by atoms with Crippen molar-refractivity contribution in [2.75, 3.05) is 12.0 Å². The molecule has 0 unspecified atom stereocenters. The lowest BCUT2D eigenvalue weighted by Gasteiger charge is -2.03. The molecule has 0 saturated carbocycles. The van der Waals surface area contributed by atoms with Crippen LogP contribution in [0.25, 0.3) is 0 Å². The maximum Gasteiger partial charge on any atom is 0.221 e. The van der Waals surface area contributed by atoms with Crippen LogP contribution in [0.4, 0.5) is 5.95 Å². The average molecular weight is 182 g/mol. The Balaban J connectivity index is 2.55. The lowest BCUT2D eigenvalue weighted by atomic mass is 10.3. The van der Waals surface area contributed by atoms with Crippen LogP contribution in [-0.4, -0.2) is 16.2 Å². The number of nitrogen functional groups attached to an aromatic ring is 1. The molecule has 0 atom stereocenters. The standard InChI is InChI=1S/C7H10N4S/c1-12-6-4-2-9-3-5(4)10-7(8)11-6/h9H,2-3H2,1H3,(H2,8,10,11). The highest BCUT2D eigenvalue weighted by Gasteiger charge is 2.17. The molecular formula is C7H10N4S. The fraction of sp³-hybridized carbons (Fsp3) is 0.429. The van der Waals surface area contributed by atoms with Gasteiger partial charge in [-0.15, -0.1) is 11.8 Å². The Morgan fingerprint density at radius 2 is 2.25 bits per heavy atom. The zero-order valence-electron chi connectivity index (χ0n) is 6.79. The molecule has 0 bridgehead atoms. The third kappa shape index (κ3) is 1.15. The number of aromatic nitrogens is 2. The fourth-order valence-electron chi connectivity index (χ4n) is 1.32. The molecule has 0 aliphatic carbocycles. The summed E-state index contributed by atoms with van der Waals surface area (Å²) in [6.45, 7) is 1.68. The van der Waals surface area contributed by atoms with Crippen molar-refractivity contribution in [2.45, 2.75) is 18.1 Å². The number of thioether (sulfide) groups is 1. The maximum atomic E-state index is 5.54. The Labute approximate surface area is 75.0 Å². The number of hydrogen-bond donors (Lipinski definition) is 2. The molecule has 5 heteroatoms. The molecule has 2 heterocycles. The highest BCUT2D eigenvalue weighted by Crippen LogP contribution is 2.24.